The van der Waals surface area contributed by atoms with E-state index in [1.807, 2.05) is 12.1 Å². The summed E-state index contributed by atoms with van der Waals surface area (Å²) in [6.07, 6.45) is 5.30. The molecule has 1 fully saturated rings. The van der Waals surface area contributed by atoms with Crippen LogP contribution in [0.4, 0.5) is 17.1 Å². The van der Waals surface area contributed by atoms with Crippen molar-refractivity contribution in [1.82, 2.24) is 0 Å². The van der Waals surface area contributed by atoms with Crippen LogP contribution >= 0.6 is 0 Å². The Hall–Kier alpha value is -1.71. The normalized spacial score (nSPS) is 18.1. The van der Waals surface area contributed by atoms with E-state index in [1.165, 1.54) is 19.3 Å². The van der Waals surface area contributed by atoms with Crippen molar-refractivity contribution in [3.05, 3.63) is 17.7 Å². The molecule has 0 spiro atoms. The predicted molar refractivity (Wildman–Crippen MR) is 73.6 cm³/mol. The zero-order chi connectivity index (χ0) is 12.5. The number of nitrogen functional groups attached to an aromatic ring is 1. The number of hydrogen-bond acceptors (Lipinski definition) is 3. The third-order valence-electron chi connectivity index (χ3n) is 3.74. The third kappa shape index (κ3) is 2.42. The van der Waals surface area contributed by atoms with Gasteiger partial charge in [-0.1, -0.05) is 12.8 Å². The Morgan fingerprint density at radius 2 is 2.17 bits per heavy atom. The van der Waals surface area contributed by atoms with Crippen LogP contribution in [0.3, 0.4) is 0 Å². The molecule has 0 unspecified atom stereocenters. The number of fused-ring (bicyclic) bond motifs is 1. The Morgan fingerprint density at radius 3 is 2.94 bits per heavy atom. The van der Waals surface area contributed by atoms with E-state index >= 15 is 0 Å². The Bertz CT molecular complexity index is 480. The highest BCUT2D eigenvalue weighted by Crippen LogP contribution is 2.34. The van der Waals surface area contributed by atoms with Gasteiger partial charge in [0.2, 0.25) is 5.91 Å². The number of nitrogens with one attached hydrogen (secondary N) is 2. The fourth-order valence-corrected chi connectivity index (χ4v) is 2.42. The van der Waals surface area contributed by atoms with E-state index < -0.39 is 0 Å². The molecule has 0 atom stereocenters. The van der Waals surface area contributed by atoms with Crippen molar-refractivity contribution >= 4 is 23.0 Å². The molecule has 1 heterocycles. The van der Waals surface area contributed by atoms with Crippen LogP contribution < -0.4 is 16.4 Å². The molecule has 0 saturated heterocycles. The molecule has 0 radical (unpaired) electrons. The zero-order valence-electron chi connectivity index (χ0n) is 10.5. The van der Waals surface area contributed by atoms with Crippen molar-refractivity contribution in [3.8, 4) is 0 Å². The summed E-state index contributed by atoms with van der Waals surface area (Å²) < 4.78 is 0. The second-order valence-electron chi connectivity index (χ2n) is 5.30. The predicted octanol–water partition coefficient (Wildman–Crippen LogP) is 2.37. The number of hydrogen-bond donors (Lipinski definition) is 3. The molecule has 4 nitrogen and oxygen atoms in total. The number of benzene rings is 1. The quantitative estimate of drug-likeness (QED) is 0.713. The number of amides is 1. The minimum atomic E-state index is 0.0937. The lowest BCUT2D eigenvalue weighted by atomic mass is 10.0. The van der Waals surface area contributed by atoms with Gasteiger partial charge in [-0.15, -0.1) is 0 Å². The largest absolute Gasteiger partial charge is 0.397 e. The standard InChI is InChI=1S/C14H19N3O/c15-11-7-10-3-4-14(18)17-12(10)8-13(11)16-6-5-9-1-2-9/h7-9,16H,1-6,15H2,(H,17,18). The summed E-state index contributed by atoms with van der Waals surface area (Å²) >= 11 is 0. The summed E-state index contributed by atoms with van der Waals surface area (Å²) in [4.78, 5) is 11.4. The molecule has 0 aromatic heterocycles. The summed E-state index contributed by atoms with van der Waals surface area (Å²) in [6.45, 7) is 0.960. The fraction of sp³-hybridized carbons (Fsp3) is 0.500. The van der Waals surface area contributed by atoms with E-state index in [0.29, 0.717) is 6.42 Å². The average Bonchev–Trinajstić information content (AvgIpc) is 3.14. The monoisotopic (exact) mass is 245 g/mol. The van der Waals surface area contributed by atoms with Gasteiger partial charge < -0.3 is 16.4 Å². The Balaban J connectivity index is 1.72. The lowest BCUT2D eigenvalue weighted by Crippen LogP contribution is -2.19. The maximum Gasteiger partial charge on any atom is 0.224 e. The summed E-state index contributed by atoms with van der Waals surface area (Å²) in [5.74, 6) is 1.01. The van der Waals surface area contributed by atoms with Crippen LogP contribution in [0.5, 0.6) is 0 Å². The number of carbonyl (C=O) groups excluding carboxylic acids is 1. The van der Waals surface area contributed by atoms with Gasteiger partial charge in [-0.25, -0.2) is 0 Å². The van der Waals surface area contributed by atoms with E-state index in [-0.39, 0.29) is 5.91 Å². The molecule has 1 aromatic rings. The van der Waals surface area contributed by atoms with Crippen LogP contribution in [0.25, 0.3) is 0 Å². The third-order valence-corrected chi connectivity index (χ3v) is 3.74. The summed E-state index contributed by atoms with van der Waals surface area (Å²) in [5.41, 5.74) is 9.81. The molecule has 2 aliphatic rings. The topological polar surface area (TPSA) is 67.2 Å². The van der Waals surface area contributed by atoms with Gasteiger partial charge in [0.05, 0.1) is 11.4 Å². The molecular formula is C14H19N3O. The Morgan fingerprint density at radius 1 is 1.33 bits per heavy atom. The molecule has 3 rings (SSSR count). The number of carbonyl (C=O) groups is 1. The molecule has 1 amide bonds. The van der Waals surface area contributed by atoms with E-state index in [9.17, 15) is 4.79 Å². The minimum Gasteiger partial charge on any atom is -0.397 e. The highest BCUT2D eigenvalue weighted by molar-refractivity contribution is 5.95. The second kappa shape index (κ2) is 4.52. The molecule has 18 heavy (non-hydrogen) atoms. The average molecular weight is 245 g/mol. The van der Waals surface area contributed by atoms with Crippen LogP contribution in [0, 0.1) is 5.92 Å². The second-order valence-corrected chi connectivity index (χ2v) is 5.30. The zero-order valence-corrected chi connectivity index (χ0v) is 10.5. The van der Waals surface area contributed by atoms with Crippen LogP contribution in [-0.2, 0) is 11.2 Å². The molecule has 1 aliphatic carbocycles. The summed E-state index contributed by atoms with van der Waals surface area (Å²) in [5, 5.41) is 6.28. The first-order chi connectivity index (χ1) is 8.72. The molecule has 0 bridgehead atoms. The lowest BCUT2D eigenvalue weighted by Gasteiger charge is -2.19. The van der Waals surface area contributed by atoms with Crippen molar-refractivity contribution < 1.29 is 4.79 Å². The van der Waals surface area contributed by atoms with Gasteiger partial charge in [-0.05, 0) is 36.5 Å². The van der Waals surface area contributed by atoms with Crippen molar-refractivity contribution in [3.63, 3.8) is 0 Å². The van der Waals surface area contributed by atoms with Crippen LogP contribution in [0.1, 0.15) is 31.2 Å². The van der Waals surface area contributed by atoms with Crippen molar-refractivity contribution in [2.24, 2.45) is 5.92 Å². The minimum absolute atomic E-state index is 0.0937. The highest BCUT2D eigenvalue weighted by Gasteiger charge is 2.21. The molecule has 1 aliphatic heterocycles. The molecule has 96 valence electrons. The Kier molecular flexibility index (Phi) is 2.86. The van der Waals surface area contributed by atoms with Gasteiger partial charge >= 0.3 is 0 Å². The van der Waals surface area contributed by atoms with E-state index in [2.05, 4.69) is 10.6 Å². The van der Waals surface area contributed by atoms with E-state index in [0.717, 1.165) is 41.5 Å². The first kappa shape index (κ1) is 11.4. The number of rotatable bonds is 4. The summed E-state index contributed by atoms with van der Waals surface area (Å²) in [7, 11) is 0. The Labute approximate surface area is 107 Å². The van der Waals surface area contributed by atoms with Gasteiger partial charge in [0.1, 0.15) is 0 Å². The van der Waals surface area contributed by atoms with Crippen LogP contribution in [-0.4, -0.2) is 12.5 Å². The molecule has 1 aromatic carbocycles. The number of anilines is 3. The molecule has 1 saturated carbocycles. The maximum atomic E-state index is 11.4. The lowest BCUT2D eigenvalue weighted by molar-refractivity contribution is -0.116. The fourth-order valence-electron chi connectivity index (χ4n) is 2.42. The van der Waals surface area contributed by atoms with Crippen LogP contribution in [0.2, 0.25) is 0 Å². The SMILES string of the molecule is Nc1cc2c(cc1NCCC1CC1)NC(=O)CC2. The van der Waals surface area contributed by atoms with Crippen molar-refractivity contribution in [2.75, 3.05) is 22.9 Å². The summed E-state index contributed by atoms with van der Waals surface area (Å²) in [6, 6.07) is 3.95. The first-order valence-corrected chi connectivity index (χ1v) is 6.68. The van der Waals surface area contributed by atoms with Gasteiger partial charge in [0, 0.05) is 18.7 Å². The van der Waals surface area contributed by atoms with E-state index in [1.54, 1.807) is 0 Å². The van der Waals surface area contributed by atoms with Gasteiger partial charge in [0.25, 0.3) is 0 Å². The van der Waals surface area contributed by atoms with E-state index in [4.69, 9.17) is 5.73 Å². The molecular weight excluding hydrogens is 226 g/mol. The van der Waals surface area contributed by atoms with Crippen molar-refractivity contribution in [2.45, 2.75) is 32.1 Å². The van der Waals surface area contributed by atoms with Crippen molar-refractivity contribution in [1.29, 1.82) is 0 Å². The maximum absolute atomic E-state index is 11.4. The molecule has 4 N–H and O–H groups in total. The van der Waals surface area contributed by atoms with Gasteiger partial charge in [-0.2, -0.15) is 0 Å². The smallest absolute Gasteiger partial charge is 0.224 e. The first-order valence-electron chi connectivity index (χ1n) is 6.68. The number of nitrogens with two attached hydrogens (primary N) is 1. The molecule has 4 heteroatoms. The number of aryl methyl sites for hydroxylation is 1. The van der Waals surface area contributed by atoms with Gasteiger partial charge in [0.15, 0.2) is 0 Å². The highest BCUT2D eigenvalue weighted by atomic mass is 16.1. The van der Waals surface area contributed by atoms with Crippen LogP contribution in [0.15, 0.2) is 12.1 Å². The van der Waals surface area contributed by atoms with Gasteiger partial charge in [-0.3, -0.25) is 4.79 Å².